The van der Waals surface area contributed by atoms with Crippen molar-refractivity contribution in [3.8, 4) is 0 Å². The molecule has 0 radical (unpaired) electrons. The molecule has 170 valence electrons. The molecule has 0 fully saturated rings. The second-order valence-electron chi connectivity index (χ2n) is 6.97. The summed E-state index contributed by atoms with van der Waals surface area (Å²) in [6, 6.07) is 14.5. The van der Waals surface area contributed by atoms with Gasteiger partial charge in [0, 0.05) is 19.3 Å². The topological polar surface area (TPSA) is 88.4 Å². The van der Waals surface area contributed by atoms with Gasteiger partial charge in [0.2, 0.25) is 15.9 Å². The Balaban J connectivity index is 1.76. The minimum Gasteiger partial charge on any atom is -0.315 e. The fraction of sp³-hybridized carbons (Fsp3) is 0.286. The number of halogens is 1. The van der Waals surface area contributed by atoms with E-state index in [4.69, 9.17) is 0 Å². The van der Waals surface area contributed by atoms with Crippen LogP contribution in [-0.4, -0.2) is 48.1 Å². The van der Waals surface area contributed by atoms with Crippen LogP contribution in [0.15, 0.2) is 59.8 Å². The van der Waals surface area contributed by atoms with Gasteiger partial charge in [-0.25, -0.2) is 12.8 Å². The summed E-state index contributed by atoms with van der Waals surface area (Å²) in [4.78, 5) is 14.1. The lowest BCUT2D eigenvalue weighted by atomic mass is 10.3. The lowest BCUT2D eigenvalue weighted by Crippen LogP contribution is -2.30. The van der Waals surface area contributed by atoms with E-state index in [1.165, 1.54) is 36.0 Å². The molecule has 1 heterocycles. The molecular formula is C21H24FN5O3S2. The van der Waals surface area contributed by atoms with Crippen molar-refractivity contribution in [1.82, 2.24) is 14.8 Å². The summed E-state index contributed by atoms with van der Waals surface area (Å²) in [7, 11) is -1.94. The molecule has 0 atom stereocenters. The van der Waals surface area contributed by atoms with Crippen LogP contribution in [0, 0.1) is 5.82 Å². The Hall–Kier alpha value is -2.92. The minimum atomic E-state index is -3.65. The van der Waals surface area contributed by atoms with Crippen LogP contribution in [0.2, 0.25) is 0 Å². The molecule has 3 aromatic rings. The van der Waals surface area contributed by atoms with Crippen LogP contribution < -0.4 is 9.21 Å². The maximum atomic E-state index is 13.3. The van der Waals surface area contributed by atoms with E-state index in [2.05, 4.69) is 10.2 Å². The van der Waals surface area contributed by atoms with Gasteiger partial charge in [0.05, 0.1) is 24.2 Å². The third kappa shape index (κ3) is 5.65. The fourth-order valence-electron chi connectivity index (χ4n) is 3.01. The number of amides is 1. The van der Waals surface area contributed by atoms with Gasteiger partial charge >= 0.3 is 0 Å². The number of para-hydroxylation sites is 1. The number of aromatic nitrogens is 3. The number of benzene rings is 2. The smallest absolute Gasteiger partial charge is 0.237 e. The summed E-state index contributed by atoms with van der Waals surface area (Å²) in [6.07, 6.45) is 1.08. The van der Waals surface area contributed by atoms with Crippen LogP contribution in [0.3, 0.4) is 0 Å². The molecule has 11 heteroatoms. The van der Waals surface area contributed by atoms with Crippen molar-refractivity contribution < 1.29 is 17.6 Å². The monoisotopic (exact) mass is 477 g/mol. The Kier molecular flexibility index (Phi) is 7.52. The van der Waals surface area contributed by atoms with Gasteiger partial charge < -0.3 is 9.47 Å². The first-order valence-corrected chi connectivity index (χ1v) is 12.6. The first kappa shape index (κ1) is 23.7. The second-order valence-corrected chi connectivity index (χ2v) is 9.82. The SMILES string of the molecule is CCn1c(CN(c2ccc(F)cc2)S(C)(=O)=O)nnc1SCC(=O)N(C)c1ccccc1. The van der Waals surface area contributed by atoms with Gasteiger partial charge in [-0.3, -0.25) is 9.10 Å². The molecule has 2 aromatic carbocycles. The Labute approximate surface area is 191 Å². The molecule has 1 aromatic heterocycles. The van der Waals surface area contributed by atoms with Crippen LogP contribution in [0.4, 0.5) is 15.8 Å². The second kappa shape index (κ2) is 10.1. The predicted molar refractivity (Wildman–Crippen MR) is 124 cm³/mol. The number of nitrogens with zero attached hydrogens (tertiary/aromatic N) is 5. The summed E-state index contributed by atoms with van der Waals surface area (Å²) in [6.45, 7) is 2.32. The van der Waals surface area contributed by atoms with Crippen molar-refractivity contribution in [3.05, 3.63) is 66.2 Å². The number of carbonyl (C=O) groups excluding carboxylic acids is 1. The third-order valence-electron chi connectivity index (χ3n) is 4.75. The van der Waals surface area contributed by atoms with Crippen LogP contribution in [0.25, 0.3) is 0 Å². The van der Waals surface area contributed by atoms with E-state index < -0.39 is 15.8 Å². The molecule has 0 aliphatic heterocycles. The quantitative estimate of drug-likeness (QED) is 0.440. The number of hydrogen-bond acceptors (Lipinski definition) is 6. The van der Waals surface area contributed by atoms with E-state index in [9.17, 15) is 17.6 Å². The number of sulfonamides is 1. The van der Waals surface area contributed by atoms with E-state index in [-0.39, 0.29) is 18.2 Å². The summed E-state index contributed by atoms with van der Waals surface area (Å²) in [5.41, 5.74) is 1.12. The number of rotatable bonds is 9. The average Bonchev–Trinajstić information content (AvgIpc) is 3.17. The highest BCUT2D eigenvalue weighted by Gasteiger charge is 2.23. The van der Waals surface area contributed by atoms with E-state index in [1.807, 2.05) is 37.3 Å². The van der Waals surface area contributed by atoms with E-state index in [1.54, 1.807) is 16.5 Å². The molecule has 32 heavy (non-hydrogen) atoms. The van der Waals surface area contributed by atoms with Gasteiger partial charge in [0.25, 0.3) is 0 Å². The van der Waals surface area contributed by atoms with Crippen molar-refractivity contribution in [3.63, 3.8) is 0 Å². The van der Waals surface area contributed by atoms with Gasteiger partial charge in [-0.1, -0.05) is 30.0 Å². The Morgan fingerprint density at radius 3 is 2.31 bits per heavy atom. The summed E-state index contributed by atoms with van der Waals surface area (Å²) >= 11 is 1.24. The third-order valence-corrected chi connectivity index (χ3v) is 6.84. The maximum Gasteiger partial charge on any atom is 0.237 e. The van der Waals surface area contributed by atoms with Crippen LogP contribution >= 0.6 is 11.8 Å². The Bertz CT molecular complexity index is 1170. The molecule has 0 saturated carbocycles. The predicted octanol–water partition coefficient (Wildman–Crippen LogP) is 3.16. The van der Waals surface area contributed by atoms with E-state index in [0.29, 0.717) is 23.2 Å². The average molecular weight is 478 g/mol. The molecule has 0 unspecified atom stereocenters. The molecule has 0 saturated heterocycles. The van der Waals surface area contributed by atoms with Gasteiger partial charge in [0.15, 0.2) is 11.0 Å². The van der Waals surface area contributed by atoms with Gasteiger partial charge in [-0.2, -0.15) is 0 Å². The lowest BCUT2D eigenvalue weighted by molar-refractivity contribution is -0.115. The molecule has 0 spiro atoms. The normalized spacial score (nSPS) is 11.4. The Morgan fingerprint density at radius 1 is 1.06 bits per heavy atom. The molecule has 0 bridgehead atoms. The highest BCUT2D eigenvalue weighted by atomic mass is 32.2. The molecule has 0 N–H and O–H groups in total. The van der Waals surface area contributed by atoms with Crippen molar-refractivity contribution in [2.75, 3.05) is 28.3 Å². The first-order chi connectivity index (χ1) is 15.2. The zero-order valence-electron chi connectivity index (χ0n) is 18.0. The van der Waals surface area contributed by atoms with Crippen molar-refractivity contribution in [2.45, 2.75) is 25.2 Å². The number of thioether (sulfide) groups is 1. The van der Waals surface area contributed by atoms with Gasteiger partial charge in [-0.05, 0) is 43.3 Å². The van der Waals surface area contributed by atoms with Gasteiger partial charge in [-0.15, -0.1) is 10.2 Å². The molecule has 0 aliphatic rings. The standard InChI is InChI=1S/C21H24FN5O3S2/c1-4-26-19(14-27(32(3,29)30)18-12-10-16(22)11-13-18)23-24-21(26)31-15-20(28)25(2)17-8-6-5-7-9-17/h5-13H,4,14-15H2,1-3H3. The van der Waals surface area contributed by atoms with Crippen molar-refractivity contribution in [1.29, 1.82) is 0 Å². The zero-order chi connectivity index (χ0) is 23.3. The van der Waals surface area contributed by atoms with Crippen LogP contribution in [-0.2, 0) is 27.9 Å². The highest BCUT2D eigenvalue weighted by molar-refractivity contribution is 7.99. The highest BCUT2D eigenvalue weighted by Crippen LogP contribution is 2.24. The number of anilines is 2. The maximum absolute atomic E-state index is 13.3. The van der Waals surface area contributed by atoms with E-state index in [0.717, 1.165) is 16.2 Å². The molecule has 3 rings (SSSR count). The fourth-order valence-corrected chi connectivity index (χ4v) is 4.80. The molecule has 1 amide bonds. The first-order valence-electron chi connectivity index (χ1n) is 9.80. The summed E-state index contributed by atoms with van der Waals surface area (Å²) in [5.74, 6) is 0.0194. The van der Waals surface area contributed by atoms with Crippen LogP contribution in [0.1, 0.15) is 12.7 Å². The zero-order valence-corrected chi connectivity index (χ0v) is 19.6. The molecular weight excluding hydrogens is 453 g/mol. The largest absolute Gasteiger partial charge is 0.315 e. The van der Waals surface area contributed by atoms with Crippen molar-refractivity contribution in [2.24, 2.45) is 0 Å². The van der Waals surface area contributed by atoms with Crippen LogP contribution in [0.5, 0.6) is 0 Å². The summed E-state index contributed by atoms with van der Waals surface area (Å²) in [5, 5.41) is 8.83. The number of hydrogen-bond donors (Lipinski definition) is 0. The summed E-state index contributed by atoms with van der Waals surface area (Å²) < 4.78 is 40.9. The Morgan fingerprint density at radius 2 is 1.72 bits per heavy atom. The van der Waals surface area contributed by atoms with Crippen molar-refractivity contribution >= 4 is 39.1 Å². The molecule has 8 nitrogen and oxygen atoms in total. The molecule has 0 aliphatic carbocycles. The minimum absolute atomic E-state index is 0.0657. The lowest BCUT2D eigenvalue weighted by Gasteiger charge is -2.22. The van der Waals surface area contributed by atoms with Gasteiger partial charge in [0.1, 0.15) is 5.82 Å². The number of carbonyl (C=O) groups is 1. The van der Waals surface area contributed by atoms with E-state index >= 15 is 0 Å².